The van der Waals surface area contributed by atoms with Crippen molar-refractivity contribution in [2.45, 2.75) is 13.8 Å². The summed E-state index contributed by atoms with van der Waals surface area (Å²) >= 11 is 0. The van der Waals surface area contributed by atoms with Crippen LogP contribution in [0.2, 0.25) is 0 Å². The average Bonchev–Trinajstić information content (AvgIpc) is 2.32. The molecule has 0 saturated carbocycles. The van der Waals surface area contributed by atoms with Crippen LogP contribution in [0.3, 0.4) is 0 Å². The van der Waals surface area contributed by atoms with E-state index in [2.05, 4.69) is 22.1 Å². The monoisotopic (exact) mass is 209 g/mol. The molecule has 0 radical (unpaired) electrons. The zero-order valence-corrected chi connectivity index (χ0v) is 9.23. The molecule has 0 fully saturated rings. The fraction of sp³-hybridized carbons (Fsp3) is 0.154. The Labute approximate surface area is 94.4 Å². The van der Waals surface area contributed by atoms with Crippen molar-refractivity contribution in [3.8, 4) is 17.5 Å². The minimum absolute atomic E-state index is 0.481. The highest BCUT2D eigenvalue weighted by Crippen LogP contribution is 2.20. The highest BCUT2D eigenvalue weighted by molar-refractivity contribution is 5.60. The minimum atomic E-state index is 0.481. The predicted octanol–water partition coefficient (Wildman–Crippen LogP) is 2.63. The minimum Gasteiger partial charge on any atom is -0.235 e. The van der Waals surface area contributed by atoms with Gasteiger partial charge in [0.2, 0.25) is 0 Å². The van der Waals surface area contributed by atoms with E-state index in [1.165, 1.54) is 5.56 Å². The van der Waals surface area contributed by atoms with Gasteiger partial charge in [-0.1, -0.05) is 17.7 Å². The van der Waals surface area contributed by atoms with Crippen molar-refractivity contribution in [3.63, 3.8) is 0 Å². The molecule has 16 heavy (non-hydrogen) atoms. The molecule has 78 valence electrons. The Kier molecular flexibility index (Phi) is 2.65. The maximum absolute atomic E-state index is 8.67. The quantitative estimate of drug-likeness (QED) is 0.725. The number of nitriles is 1. The van der Waals surface area contributed by atoms with Gasteiger partial charge < -0.3 is 0 Å². The molecule has 0 amide bonds. The number of aromatic nitrogens is 2. The molecule has 1 aromatic carbocycles. The van der Waals surface area contributed by atoms with Crippen molar-refractivity contribution < 1.29 is 0 Å². The summed E-state index contributed by atoms with van der Waals surface area (Å²) in [5, 5.41) is 8.67. The standard InChI is InChI=1S/C13H11N3/c1-9-3-4-10(2)12(5-9)13-15-7-11(6-14)8-16-13/h3-5,7-8H,1-2H3. The molecule has 0 aliphatic heterocycles. The Bertz CT molecular complexity index is 550. The summed E-state index contributed by atoms with van der Waals surface area (Å²) in [5.41, 5.74) is 3.81. The molecular weight excluding hydrogens is 198 g/mol. The zero-order valence-electron chi connectivity index (χ0n) is 9.23. The third-order valence-electron chi connectivity index (χ3n) is 2.41. The van der Waals surface area contributed by atoms with Gasteiger partial charge in [-0.3, -0.25) is 0 Å². The Morgan fingerprint density at radius 3 is 2.44 bits per heavy atom. The maximum atomic E-state index is 8.67. The van der Waals surface area contributed by atoms with E-state index in [0.29, 0.717) is 11.4 Å². The third-order valence-corrected chi connectivity index (χ3v) is 2.41. The van der Waals surface area contributed by atoms with E-state index in [-0.39, 0.29) is 0 Å². The molecule has 1 heterocycles. The van der Waals surface area contributed by atoms with Crippen molar-refractivity contribution in [1.82, 2.24) is 9.97 Å². The number of benzene rings is 1. The number of nitrogens with zero attached hydrogens (tertiary/aromatic N) is 3. The van der Waals surface area contributed by atoms with E-state index in [9.17, 15) is 0 Å². The highest BCUT2D eigenvalue weighted by atomic mass is 14.9. The number of hydrogen-bond donors (Lipinski definition) is 0. The summed E-state index contributed by atoms with van der Waals surface area (Å²) in [6, 6.07) is 8.16. The van der Waals surface area contributed by atoms with Gasteiger partial charge in [0.05, 0.1) is 5.56 Å². The summed E-state index contributed by atoms with van der Waals surface area (Å²) < 4.78 is 0. The van der Waals surface area contributed by atoms with Crippen LogP contribution in [0.1, 0.15) is 16.7 Å². The van der Waals surface area contributed by atoms with Gasteiger partial charge in [0, 0.05) is 18.0 Å². The third kappa shape index (κ3) is 1.91. The molecule has 0 bridgehead atoms. The smallest absolute Gasteiger partial charge is 0.159 e. The molecule has 2 aromatic rings. The predicted molar refractivity (Wildman–Crippen MR) is 61.7 cm³/mol. The van der Waals surface area contributed by atoms with Crippen molar-refractivity contribution in [3.05, 3.63) is 47.3 Å². The molecule has 1 aromatic heterocycles. The van der Waals surface area contributed by atoms with Crippen LogP contribution in [0.5, 0.6) is 0 Å². The molecule has 0 aliphatic carbocycles. The summed E-state index contributed by atoms with van der Waals surface area (Å²) in [5.74, 6) is 0.667. The molecule has 0 spiro atoms. The van der Waals surface area contributed by atoms with Gasteiger partial charge in [0.1, 0.15) is 6.07 Å². The first kappa shape index (κ1) is 10.3. The Morgan fingerprint density at radius 2 is 1.81 bits per heavy atom. The van der Waals surface area contributed by atoms with E-state index < -0.39 is 0 Å². The second-order valence-corrected chi connectivity index (χ2v) is 3.73. The zero-order chi connectivity index (χ0) is 11.5. The lowest BCUT2D eigenvalue weighted by Gasteiger charge is -2.05. The number of hydrogen-bond acceptors (Lipinski definition) is 3. The normalized spacial score (nSPS) is 9.81. The first-order chi connectivity index (χ1) is 7.70. The Hall–Kier alpha value is -2.21. The summed E-state index contributed by atoms with van der Waals surface area (Å²) in [4.78, 5) is 8.38. The lowest BCUT2D eigenvalue weighted by molar-refractivity contribution is 1.15. The van der Waals surface area contributed by atoms with Crippen LogP contribution in [0.4, 0.5) is 0 Å². The van der Waals surface area contributed by atoms with Gasteiger partial charge in [0.25, 0.3) is 0 Å². The lowest BCUT2D eigenvalue weighted by Crippen LogP contribution is -1.92. The molecule has 0 N–H and O–H groups in total. The Balaban J connectivity index is 2.50. The van der Waals surface area contributed by atoms with Gasteiger partial charge in [-0.2, -0.15) is 5.26 Å². The second kappa shape index (κ2) is 4.11. The van der Waals surface area contributed by atoms with Gasteiger partial charge in [-0.25, -0.2) is 9.97 Å². The van der Waals surface area contributed by atoms with Crippen LogP contribution >= 0.6 is 0 Å². The van der Waals surface area contributed by atoms with Crippen molar-refractivity contribution in [2.24, 2.45) is 0 Å². The Morgan fingerprint density at radius 1 is 1.12 bits per heavy atom. The molecule has 0 atom stereocenters. The van der Waals surface area contributed by atoms with Gasteiger partial charge in [-0.15, -0.1) is 0 Å². The number of rotatable bonds is 1. The second-order valence-electron chi connectivity index (χ2n) is 3.73. The molecule has 0 aliphatic rings. The van der Waals surface area contributed by atoms with Gasteiger partial charge >= 0.3 is 0 Å². The number of aryl methyl sites for hydroxylation is 2. The topological polar surface area (TPSA) is 49.6 Å². The van der Waals surface area contributed by atoms with Crippen LogP contribution < -0.4 is 0 Å². The van der Waals surface area contributed by atoms with Crippen molar-refractivity contribution >= 4 is 0 Å². The van der Waals surface area contributed by atoms with Crippen molar-refractivity contribution in [1.29, 1.82) is 5.26 Å². The van der Waals surface area contributed by atoms with Crippen LogP contribution in [0, 0.1) is 25.2 Å². The summed E-state index contributed by atoms with van der Waals surface area (Å²) in [6.45, 7) is 4.06. The first-order valence-electron chi connectivity index (χ1n) is 5.00. The first-order valence-corrected chi connectivity index (χ1v) is 5.00. The lowest BCUT2D eigenvalue weighted by atomic mass is 10.1. The average molecular weight is 209 g/mol. The van der Waals surface area contributed by atoms with Crippen LogP contribution in [-0.2, 0) is 0 Å². The van der Waals surface area contributed by atoms with Crippen molar-refractivity contribution in [2.75, 3.05) is 0 Å². The van der Waals surface area contributed by atoms with E-state index >= 15 is 0 Å². The van der Waals surface area contributed by atoms with Gasteiger partial charge in [-0.05, 0) is 25.5 Å². The molecule has 0 saturated heterocycles. The molecule has 3 heteroatoms. The molecule has 0 unspecified atom stereocenters. The largest absolute Gasteiger partial charge is 0.235 e. The summed E-state index contributed by atoms with van der Waals surface area (Å²) in [6.07, 6.45) is 3.09. The van der Waals surface area contributed by atoms with Gasteiger partial charge in [0.15, 0.2) is 5.82 Å². The fourth-order valence-electron chi connectivity index (χ4n) is 1.50. The van der Waals surface area contributed by atoms with E-state index in [0.717, 1.165) is 11.1 Å². The van der Waals surface area contributed by atoms with Crippen LogP contribution in [0.25, 0.3) is 11.4 Å². The van der Waals surface area contributed by atoms with Crippen LogP contribution in [0.15, 0.2) is 30.6 Å². The molecular formula is C13H11N3. The van der Waals surface area contributed by atoms with E-state index in [1.807, 2.05) is 26.0 Å². The molecule has 3 nitrogen and oxygen atoms in total. The molecule has 2 rings (SSSR count). The highest BCUT2D eigenvalue weighted by Gasteiger charge is 2.04. The maximum Gasteiger partial charge on any atom is 0.159 e. The summed E-state index contributed by atoms with van der Waals surface area (Å²) in [7, 11) is 0. The fourth-order valence-corrected chi connectivity index (χ4v) is 1.50. The van der Waals surface area contributed by atoms with Crippen LogP contribution in [-0.4, -0.2) is 9.97 Å². The SMILES string of the molecule is Cc1ccc(C)c(-c2ncc(C#N)cn2)c1. The van der Waals surface area contributed by atoms with E-state index in [4.69, 9.17) is 5.26 Å². The van der Waals surface area contributed by atoms with E-state index in [1.54, 1.807) is 12.4 Å².